The number of ketones is 1. The monoisotopic (exact) mass is 344 g/mol. The van der Waals surface area contributed by atoms with E-state index in [4.69, 9.17) is 4.74 Å². The highest BCUT2D eigenvalue weighted by Crippen LogP contribution is 2.66. The van der Waals surface area contributed by atoms with Gasteiger partial charge in [0.1, 0.15) is 5.78 Å². The summed E-state index contributed by atoms with van der Waals surface area (Å²) in [5.41, 5.74) is 2.12. The Morgan fingerprint density at radius 3 is 2.36 bits per heavy atom. The third-order valence-corrected chi connectivity index (χ3v) is 7.59. The minimum absolute atomic E-state index is 0.0773. The lowest BCUT2D eigenvalue weighted by atomic mass is 9.41. The van der Waals surface area contributed by atoms with Gasteiger partial charge in [0.05, 0.1) is 7.11 Å². The number of methoxy groups -OCH3 is 1. The van der Waals surface area contributed by atoms with Crippen molar-refractivity contribution in [2.45, 2.75) is 78.6 Å². The lowest BCUT2D eigenvalue weighted by molar-refractivity contribution is -0.147. The maximum absolute atomic E-state index is 13.4. The Kier molecular flexibility index (Phi) is 4.02. The van der Waals surface area contributed by atoms with Gasteiger partial charge in [-0.1, -0.05) is 54.0 Å². The first kappa shape index (κ1) is 18.3. The van der Waals surface area contributed by atoms with Gasteiger partial charge in [-0.05, 0) is 29.7 Å². The van der Waals surface area contributed by atoms with Crippen LogP contribution >= 0.6 is 0 Å². The zero-order valence-electron chi connectivity index (χ0n) is 16.7. The minimum atomic E-state index is -0.454. The number of carbonyl (C=O) groups excluding carboxylic acids is 1. The van der Waals surface area contributed by atoms with Crippen LogP contribution in [0.1, 0.15) is 83.4 Å². The van der Waals surface area contributed by atoms with Gasteiger partial charge in [0.2, 0.25) is 0 Å². The van der Waals surface area contributed by atoms with E-state index in [1.807, 2.05) is 6.07 Å². The zero-order valence-corrected chi connectivity index (χ0v) is 16.7. The summed E-state index contributed by atoms with van der Waals surface area (Å²) in [6.45, 7) is 12.9. The Bertz CT molecular complexity index is 731. The first-order valence-corrected chi connectivity index (χ1v) is 9.48. The van der Waals surface area contributed by atoms with Crippen molar-refractivity contribution in [2.24, 2.45) is 10.8 Å². The fourth-order valence-corrected chi connectivity index (χ4v) is 5.65. The number of aromatic hydroxyl groups is 1. The minimum Gasteiger partial charge on any atom is -0.504 e. The number of benzene rings is 1. The smallest absolute Gasteiger partial charge is 0.164 e. The van der Waals surface area contributed by atoms with Gasteiger partial charge in [0.25, 0.3) is 0 Å². The Labute approximate surface area is 151 Å². The second-order valence-electron chi connectivity index (χ2n) is 9.33. The molecule has 2 atom stereocenters. The molecule has 1 saturated carbocycles. The first-order valence-electron chi connectivity index (χ1n) is 9.48. The largest absolute Gasteiger partial charge is 0.504 e. The second-order valence-corrected chi connectivity index (χ2v) is 9.33. The van der Waals surface area contributed by atoms with Crippen molar-refractivity contribution in [1.29, 1.82) is 0 Å². The maximum Gasteiger partial charge on any atom is 0.164 e. The van der Waals surface area contributed by atoms with Gasteiger partial charge < -0.3 is 9.84 Å². The first-order chi connectivity index (χ1) is 11.5. The Morgan fingerprint density at radius 2 is 1.80 bits per heavy atom. The highest BCUT2D eigenvalue weighted by atomic mass is 16.5. The van der Waals surface area contributed by atoms with Gasteiger partial charge in [0, 0.05) is 28.4 Å². The lowest BCUT2D eigenvalue weighted by Gasteiger charge is -2.61. The molecule has 25 heavy (non-hydrogen) atoms. The van der Waals surface area contributed by atoms with Crippen molar-refractivity contribution in [2.75, 3.05) is 7.11 Å². The zero-order chi connectivity index (χ0) is 18.8. The quantitative estimate of drug-likeness (QED) is 0.809. The number of phenolic OH excluding ortho intramolecular Hbond substituents is 1. The number of rotatable bonds is 2. The van der Waals surface area contributed by atoms with Gasteiger partial charge in [-0.15, -0.1) is 0 Å². The number of hydrogen-bond acceptors (Lipinski definition) is 3. The van der Waals surface area contributed by atoms with E-state index in [0.717, 1.165) is 36.0 Å². The lowest BCUT2D eigenvalue weighted by Crippen LogP contribution is -2.61. The molecule has 3 rings (SSSR count). The fraction of sp³-hybridized carbons (Fsp3) is 0.682. The molecule has 1 aromatic carbocycles. The highest BCUT2D eigenvalue weighted by Gasteiger charge is 2.63. The normalized spacial score (nSPS) is 30.8. The van der Waals surface area contributed by atoms with Crippen molar-refractivity contribution in [3.8, 4) is 11.5 Å². The van der Waals surface area contributed by atoms with Crippen molar-refractivity contribution in [3.05, 3.63) is 22.8 Å². The van der Waals surface area contributed by atoms with E-state index in [2.05, 4.69) is 41.5 Å². The van der Waals surface area contributed by atoms with Gasteiger partial charge in [-0.3, -0.25) is 4.79 Å². The van der Waals surface area contributed by atoms with E-state index >= 15 is 0 Å². The van der Waals surface area contributed by atoms with Crippen LogP contribution in [0.5, 0.6) is 11.5 Å². The van der Waals surface area contributed by atoms with Crippen molar-refractivity contribution < 1.29 is 14.6 Å². The third-order valence-electron chi connectivity index (χ3n) is 7.59. The van der Waals surface area contributed by atoms with Gasteiger partial charge in [0.15, 0.2) is 11.5 Å². The van der Waals surface area contributed by atoms with Crippen LogP contribution in [0.3, 0.4) is 0 Å². The highest BCUT2D eigenvalue weighted by molar-refractivity contribution is 5.93. The van der Waals surface area contributed by atoms with E-state index in [1.54, 1.807) is 7.11 Å². The summed E-state index contributed by atoms with van der Waals surface area (Å²) in [4.78, 5) is 13.4. The van der Waals surface area contributed by atoms with Crippen LogP contribution in [-0.4, -0.2) is 18.0 Å². The molecule has 0 radical (unpaired) electrons. The van der Waals surface area contributed by atoms with Crippen LogP contribution in [0.2, 0.25) is 0 Å². The van der Waals surface area contributed by atoms with Crippen molar-refractivity contribution in [3.63, 3.8) is 0 Å². The van der Waals surface area contributed by atoms with E-state index in [1.165, 1.54) is 0 Å². The molecule has 0 heterocycles. The summed E-state index contributed by atoms with van der Waals surface area (Å²) < 4.78 is 5.74. The molecule has 1 aromatic rings. The van der Waals surface area contributed by atoms with Crippen LogP contribution in [0, 0.1) is 10.8 Å². The SMILES string of the molecule is COc1c(O)c(C(C)C)cc2c1[C@@]1(C)CCCC(C)(C)C1(C)C(=O)C2. The average molecular weight is 344 g/mol. The molecule has 0 aromatic heterocycles. The molecule has 1 unspecified atom stereocenters. The Morgan fingerprint density at radius 1 is 1.16 bits per heavy atom. The molecule has 3 nitrogen and oxygen atoms in total. The topological polar surface area (TPSA) is 46.5 Å². The summed E-state index contributed by atoms with van der Waals surface area (Å²) in [5.74, 6) is 1.34. The molecule has 3 heteroatoms. The predicted molar refractivity (Wildman–Crippen MR) is 101 cm³/mol. The van der Waals surface area contributed by atoms with Gasteiger partial charge >= 0.3 is 0 Å². The average Bonchev–Trinajstić information content (AvgIpc) is 2.51. The molecule has 1 N–H and O–H groups in total. The number of fused-ring (bicyclic) bond motifs is 3. The predicted octanol–water partition coefficient (Wildman–Crippen LogP) is 5.12. The Hall–Kier alpha value is -1.51. The van der Waals surface area contributed by atoms with Crippen molar-refractivity contribution in [1.82, 2.24) is 0 Å². The van der Waals surface area contributed by atoms with Crippen LogP contribution in [0.15, 0.2) is 6.07 Å². The summed E-state index contributed by atoms with van der Waals surface area (Å²) in [6.07, 6.45) is 3.52. The van der Waals surface area contributed by atoms with Crippen LogP contribution < -0.4 is 4.74 Å². The van der Waals surface area contributed by atoms with Crippen LogP contribution in [-0.2, 0) is 16.6 Å². The van der Waals surface area contributed by atoms with E-state index in [9.17, 15) is 9.90 Å². The standard InChI is InChI=1S/C22H32O3/c1-13(2)15-11-14-12-16(23)22(6)20(3,4)9-8-10-21(22,5)17(14)19(25-7)18(15)24/h11,13,24H,8-10,12H2,1-7H3/t21-,22?/m1/s1. The summed E-state index contributed by atoms with van der Waals surface area (Å²) >= 11 is 0. The molecule has 2 aliphatic carbocycles. The van der Waals surface area contributed by atoms with E-state index in [-0.39, 0.29) is 22.5 Å². The van der Waals surface area contributed by atoms with Crippen LogP contribution in [0.4, 0.5) is 0 Å². The molecule has 0 amide bonds. The molecular formula is C22H32O3. The summed E-state index contributed by atoms with van der Waals surface area (Å²) in [6, 6.07) is 2.04. The molecule has 2 aliphatic rings. The number of hydrogen-bond donors (Lipinski definition) is 1. The van der Waals surface area contributed by atoms with Crippen LogP contribution in [0.25, 0.3) is 0 Å². The molecule has 0 bridgehead atoms. The number of Topliss-reactive ketones (excluding diaryl/α,β-unsaturated/α-hetero) is 1. The van der Waals surface area contributed by atoms with E-state index in [0.29, 0.717) is 18.0 Å². The number of phenols is 1. The Balaban J connectivity index is 2.37. The molecule has 0 aliphatic heterocycles. The van der Waals surface area contributed by atoms with Gasteiger partial charge in [-0.2, -0.15) is 0 Å². The van der Waals surface area contributed by atoms with E-state index < -0.39 is 5.41 Å². The van der Waals surface area contributed by atoms with Gasteiger partial charge in [-0.25, -0.2) is 0 Å². The van der Waals surface area contributed by atoms with Crippen molar-refractivity contribution >= 4 is 5.78 Å². The molecule has 0 spiro atoms. The number of carbonyl (C=O) groups is 1. The molecular weight excluding hydrogens is 312 g/mol. The summed E-state index contributed by atoms with van der Waals surface area (Å²) in [7, 11) is 1.63. The molecule has 1 fully saturated rings. The fourth-order valence-electron chi connectivity index (χ4n) is 5.65. The number of ether oxygens (including phenoxy) is 1. The third kappa shape index (κ3) is 2.14. The molecule has 0 saturated heterocycles. The maximum atomic E-state index is 13.4. The second kappa shape index (κ2) is 5.49. The molecule has 138 valence electrons. The summed E-state index contributed by atoms with van der Waals surface area (Å²) in [5, 5.41) is 10.9.